The minimum Gasteiger partial charge on any atom is -0.370 e. The van der Waals surface area contributed by atoms with Gasteiger partial charge in [-0.2, -0.15) is 0 Å². The van der Waals surface area contributed by atoms with Crippen LogP contribution in [0.4, 0.5) is 11.4 Å². The van der Waals surface area contributed by atoms with Gasteiger partial charge in [0.1, 0.15) is 11.9 Å². The summed E-state index contributed by atoms with van der Waals surface area (Å²) in [6.45, 7) is 10.4. The summed E-state index contributed by atoms with van der Waals surface area (Å²) in [6.07, 6.45) is 16.9. The second kappa shape index (κ2) is 12.0. The molecule has 6 aromatic rings. The molecular formula is C41H38N4. The summed E-state index contributed by atoms with van der Waals surface area (Å²) in [5, 5.41) is 8.69. The van der Waals surface area contributed by atoms with Gasteiger partial charge < -0.3 is 10.3 Å². The lowest BCUT2D eigenvalue weighted by Gasteiger charge is -2.31. The van der Waals surface area contributed by atoms with Crippen LogP contribution in [-0.2, 0) is 0 Å². The van der Waals surface area contributed by atoms with E-state index in [0.29, 0.717) is 0 Å². The third kappa shape index (κ3) is 4.74. The molecule has 0 bridgehead atoms. The first-order valence-corrected chi connectivity index (χ1v) is 16.0. The van der Waals surface area contributed by atoms with Crippen LogP contribution in [0.3, 0.4) is 0 Å². The molecule has 0 fully saturated rings. The highest BCUT2D eigenvalue weighted by molar-refractivity contribution is 6.30. The first-order chi connectivity index (χ1) is 22.2. The summed E-state index contributed by atoms with van der Waals surface area (Å²) >= 11 is 0. The van der Waals surface area contributed by atoms with E-state index in [1.807, 2.05) is 39.0 Å². The minimum absolute atomic E-state index is 0.0342. The molecular weight excluding hydrogens is 548 g/mol. The summed E-state index contributed by atoms with van der Waals surface area (Å²) in [5.74, 6) is 1.01. The van der Waals surface area contributed by atoms with Gasteiger partial charge in [0.2, 0.25) is 0 Å². The number of rotatable bonds is 4. The third-order valence-corrected chi connectivity index (χ3v) is 8.72. The van der Waals surface area contributed by atoms with E-state index in [2.05, 4.69) is 125 Å². The molecule has 8 rings (SSSR count). The van der Waals surface area contributed by atoms with E-state index in [4.69, 9.17) is 4.99 Å². The number of aliphatic imine (C=N–C) groups is 1. The fourth-order valence-corrected chi connectivity index (χ4v) is 6.77. The maximum absolute atomic E-state index is 5.37. The van der Waals surface area contributed by atoms with Crippen LogP contribution in [0.15, 0.2) is 139 Å². The Morgan fingerprint density at radius 3 is 2.49 bits per heavy atom. The molecule has 2 aliphatic rings. The first-order valence-electron chi connectivity index (χ1n) is 16.0. The number of H-pyrrole nitrogens is 1. The number of nitrogens with zero attached hydrogens (tertiary/aromatic N) is 2. The van der Waals surface area contributed by atoms with Gasteiger partial charge in [0.25, 0.3) is 0 Å². The number of aromatic nitrogens is 2. The van der Waals surface area contributed by atoms with Crippen molar-refractivity contribution in [2.24, 2.45) is 4.99 Å². The molecule has 1 unspecified atom stereocenters. The topological polar surface area (TPSA) is 45.1 Å². The van der Waals surface area contributed by atoms with Crippen LogP contribution in [0.2, 0.25) is 0 Å². The molecule has 0 amide bonds. The smallest absolute Gasteiger partial charge is 0.141 e. The van der Waals surface area contributed by atoms with Gasteiger partial charge in [0.05, 0.1) is 27.9 Å². The normalized spacial score (nSPS) is 16.2. The van der Waals surface area contributed by atoms with Crippen molar-refractivity contribution in [1.82, 2.24) is 9.55 Å². The summed E-state index contributed by atoms with van der Waals surface area (Å²) < 4.78 is 2.39. The largest absolute Gasteiger partial charge is 0.370 e. The van der Waals surface area contributed by atoms with Crippen LogP contribution >= 0.6 is 0 Å². The van der Waals surface area contributed by atoms with Gasteiger partial charge in [-0.15, -0.1) is 0 Å². The molecule has 2 N–H and O–H groups in total. The predicted octanol–water partition coefficient (Wildman–Crippen LogP) is 11.2. The number of aromatic amines is 1. The monoisotopic (exact) mass is 586 g/mol. The van der Waals surface area contributed by atoms with E-state index in [1.54, 1.807) is 0 Å². The van der Waals surface area contributed by atoms with Crippen LogP contribution in [0.1, 0.15) is 39.2 Å². The maximum atomic E-state index is 5.37. The average molecular weight is 587 g/mol. The van der Waals surface area contributed by atoms with E-state index in [-0.39, 0.29) is 6.04 Å². The van der Waals surface area contributed by atoms with Gasteiger partial charge >= 0.3 is 0 Å². The van der Waals surface area contributed by atoms with Crippen molar-refractivity contribution in [2.45, 2.75) is 39.7 Å². The molecule has 0 radical (unpaired) electrons. The number of allylic oxidation sites excluding steroid dienone is 8. The molecule has 4 aromatic carbocycles. The van der Waals surface area contributed by atoms with Crippen molar-refractivity contribution in [3.63, 3.8) is 0 Å². The number of anilines is 1. The van der Waals surface area contributed by atoms with Crippen molar-refractivity contribution in [2.75, 3.05) is 5.32 Å². The van der Waals surface area contributed by atoms with E-state index in [1.165, 1.54) is 27.1 Å². The Morgan fingerprint density at radius 2 is 1.67 bits per heavy atom. The fourth-order valence-electron chi connectivity index (χ4n) is 6.77. The molecule has 4 heteroatoms. The van der Waals surface area contributed by atoms with Gasteiger partial charge in [-0.1, -0.05) is 111 Å². The van der Waals surface area contributed by atoms with Crippen molar-refractivity contribution in [3.8, 4) is 0 Å². The molecule has 0 saturated heterocycles. The summed E-state index contributed by atoms with van der Waals surface area (Å²) in [5.41, 5.74) is 9.93. The molecule has 1 aliphatic heterocycles. The first kappa shape index (κ1) is 28.4. The van der Waals surface area contributed by atoms with Crippen LogP contribution in [0, 0.1) is 0 Å². The Labute approximate surface area is 264 Å². The predicted molar refractivity (Wildman–Crippen MR) is 196 cm³/mol. The highest BCUT2D eigenvalue weighted by atomic mass is 15.2. The molecule has 3 heterocycles. The lowest BCUT2D eigenvalue weighted by Crippen LogP contribution is -2.38. The Morgan fingerprint density at radius 1 is 0.889 bits per heavy atom. The summed E-state index contributed by atoms with van der Waals surface area (Å²) in [6, 6.07) is 28.1. The van der Waals surface area contributed by atoms with Gasteiger partial charge in [0, 0.05) is 27.2 Å². The molecule has 45 heavy (non-hydrogen) atoms. The number of para-hydroxylation sites is 3. The molecule has 0 saturated carbocycles. The highest BCUT2D eigenvalue weighted by Crippen LogP contribution is 2.42. The zero-order chi connectivity index (χ0) is 30.9. The maximum Gasteiger partial charge on any atom is 0.141 e. The Hall–Kier alpha value is -5.35. The molecule has 2 aromatic heterocycles. The SMILES string of the molecule is C=C(/C=C\C=C/C)c1cccc2c1[nH]c1cccc3c1c1c2cccc1n3C1=Nc2ccccc2NC1C1=CC=CCC1.CC. The van der Waals surface area contributed by atoms with Crippen LogP contribution in [0.25, 0.3) is 49.2 Å². The standard InChI is InChI=1S/C39H32N4.C2H6/c1-3-4-6-14-25(2)27-17-11-19-29-28-18-12-23-33-35(28)36-32(41-38(27)29)22-13-24-34(36)43(33)39-37(26-15-7-5-8-16-26)40-30-20-9-10-21-31(30)42-39;1-2/h3-7,9-15,17-24,37,40-41H,2,8,16H2,1H3;1-2H3/b4-3-,14-6-;. The number of nitrogens with one attached hydrogen (secondary N) is 2. The van der Waals surface area contributed by atoms with Gasteiger partial charge in [0.15, 0.2) is 0 Å². The van der Waals surface area contributed by atoms with E-state index in [0.717, 1.165) is 63.3 Å². The van der Waals surface area contributed by atoms with Crippen molar-refractivity contribution < 1.29 is 0 Å². The third-order valence-electron chi connectivity index (χ3n) is 8.72. The number of benzene rings is 4. The molecule has 0 spiro atoms. The van der Waals surface area contributed by atoms with Gasteiger partial charge in [-0.05, 0) is 66.6 Å². The van der Waals surface area contributed by atoms with Crippen LogP contribution in [0.5, 0.6) is 0 Å². The van der Waals surface area contributed by atoms with Crippen molar-refractivity contribution in [1.29, 1.82) is 0 Å². The second-order valence-corrected chi connectivity index (χ2v) is 11.3. The second-order valence-electron chi connectivity index (χ2n) is 11.3. The zero-order valence-electron chi connectivity index (χ0n) is 26.1. The molecule has 4 nitrogen and oxygen atoms in total. The zero-order valence-corrected chi connectivity index (χ0v) is 26.1. The number of hydrogen-bond donors (Lipinski definition) is 2. The summed E-state index contributed by atoms with van der Waals surface area (Å²) in [7, 11) is 0. The van der Waals surface area contributed by atoms with Gasteiger partial charge in [-0.3, -0.25) is 4.57 Å². The lowest BCUT2D eigenvalue weighted by atomic mass is 9.95. The number of fused-ring (bicyclic) bond motifs is 3. The summed E-state index contributed by atoms with van der Waals surface area (Å²) in [4.78, 5) is 9.23. The van der Waals surface area contributed by atoms with E-state index in [9.17, 15) is 0 Å². The fraction of sp³-hybridized carbons (Fsp3) is 0.146. The quantitative estimate of drug-likeness (QED) is 0.198. The lowest BCUT2D eigenvalue weighted by molar-refractivity contribution is 0.867. The van der Waals surface area contributed by atoms with Crippen LogP contribution < -0.4 is 5.32 Å². The minimum atomic E-state index is -0.0342. The van der Waals surface area contributed by atoms with Crippen molar-refractivity contribution in [3.05, 3.63) is 139 Å². The van der Waals surface area contributed by atoms with E-state index >= 15 is 0 Å². The molecule has 1 atom stereocenters. The highest BCUT2D eigenvalue weighted by Gasteiger charge is 2.30. The molecule has 1 aliphatic carbocycles. The number of hydrogen-bond acceptors (Lipinski definition) is 2. The molecule has 222 valence electrons. The van der Waals surface area contributed by atoms with Gasteiger partial charge in [-0.25, -0.2) is 4.99 Å². The Bertz CT molecular complexity index is 2250. The van der Waals surface area contributed by atoms with Crippen LogP contribution in [-0.4, -0.2) is 21.4 Å². The Kier molecular flexibility index (Phi) is 7.56. The van der Waals surface area contributed by atoms with E-state index < -0.39 is 0 Å². The van der Waals surface area contributed by atoms with Crippen molar-refractivity contribution >= 4 is 66.4 Å². The average Bonchev–Trinajstić information content (AvgIpc) is 3.36. The Balaban J connectivity index is 0.00000160.